The number of nitrogens with zero attached hydrogens (tertiary/aromatic N) is 4. The van der Waals surface area contributed by atoms with E-state index in [0.717, 1.165) is 28.1 Å². The van der Waals surface area contributed by atoms with Crippen LogP contribution < -0.4 is 5.32 Å². The SMILES string of the molecule is Cc1ccc(NC(=O)Cc2c(C)nc3nc(-c4ccccc4)nn3c2C)cc1Cl. The van der Waals surface area contributed by atoms with Gasteiger partial charge in [0.15, 0.2) is 5.82 Å². The molecule has 0 bridgehead atoms. The summed E-state index contributed by atoms with van der Waals surface area (Å²) in [5.41, 5.74) is 5.00. The Kier molecular flexibility index (Phi) is 5.03. The smallest absolute Gasteiger partial charge is 0.253 e. The molecule has 1 amide bonds. The molecule has 29 heavy (non-hydrogen) atoms. The maximum Gasteiger partial charge on any atom is 0.253 e. The minimum absolute atomic E-state index is 0.138. The number of nitrogens with one attached hydrogen (secondary N) is 1. The van der Waals surface area contributed by atoms with Crippen molar-refractivity contribution in [2.45, 2.75) is 27.2 Å². The Morgan fingerprint density at radius 2 is 1.83 bits per heavy atom. The molecule has 0 unspecified atom stereocenters. The summed E-state index contributed by atoms with van der Waals surface area (Å²) < 4.78 is 1.70. The Labute approximate surface area is 173 Å². The van der Waals surface area contributed by atoms with Crippen LogP contribution in [0.5, 0.6) is 0 Å². The summed E-state index contributed by atoms with van der Waals surface area (Å²) in [6.45, 7) is 5.73. The lowest BCUT2D eigenvalue weighted by Gasteiger charge is -2.11. The van der Waals surface area contributed by atoms with Crippen molar-refractivity contribution in [3.63, 3.8) is 0 Å². The maximum atomic E-state index is 12.6. The molecular formula is C22H20ClN5O. The molecule has 0 aliphatic carbocycles. The van der Waals surface area contributed by atoms with Gasteiger partial charge in [-0.2, -0.15) is 4.98 Å². The van der Waals surface area contributed by atoms with E-state index in [1.54, 1.807) is 10.6 Å². The summed E-state index contributed by atoms with van der Waals surface area (Å²) in [7, 11) is 0. The average molecular weight is 406 g/mol. The van der Waals surface area contributed by atoms with Gasteiger partial charge in [-0.25, -0.2) is 9.50 Å². The molecule has 2 aromatic carbocycles. The molecule has 6 nitrogen and oxygen atoms in total. The molecule has 7 heteroatoms. The average Bonchev–Trinajstić information content (AvgIpc) is 3.13. The zero-order valence-electron chi connectivity index (χ0n) is 16.4. The van der Waals surface area contributed by atoms with Crippen LogP contribution in [0.15, 0.2) is 48.5 Å². The van der Waals surface area contributed by atoms with Crippen LogP contribution in [-0.4, -0.2) is 25.5 Å². The topological polar surface area (TPSA) is 72.2 Å². The first kappa shape index (κ1) is 19.1. The van der Waals surface area contributed by atoms with Gasteiger partial charge in [-0.3, -0.25) is 4.79 Å². The lowest BCUT2D eigenvalue weighted by Crippen LogP contribution is -2.17. The van der Waals surface area contributed by atoms with Gasteiger partial charge in [0.2, 0.25) is 5.91 Å². The van der Waals surface area contributed by atoms with Crippen LogP contribution >= 0.6 is 11.6 Å². The highest BCUT2D eigenvalue weighted by Crippen LogP contribution is 2.22. The Morgan fingerprint density at radius 3 is 2.55 bits per heavy atom. The highest BCUT2D eigenvalue weighted by atomic mass is 35.5. The second kappa shape index (κ2) is 7.64. The highest BCUT2D eigenvalue weighted by molar-refractivity contribution is 6.31. The minimum atomic E-state index is -0.138. The van der Waals surface area contributed by atoms with Crippen LogP contribution in [0.25, 0.3) is 17.2 Å². The molecule has 2 aromatic heterocycles. The summed E-state index contributed by atoms with van der Waals surface area (Å²) in [6.07, 6.45) is 0.187. The zero-order chi connectivity index (χ0) is 20.5. The third kappa shape index (κ3) is 3.84. The summed E-state index contributed by atoms with van der Waals surface area (Å²) in [5.74, 6) is 0.991. The molecule has 0 spiro atoms. The first-order valence-corrected chi connectivity index (χ1v) is 9.64. The molecule has 0 radical (unpaired) electrons. The first-order valence-electron chi connectivity index (χ1n) is 9.26. The molecule has 2 heterocycles. The van der Waals surface area contributed by atoms with E-state index in [2.05, 4.69) is 20.4 Å². The number of aryl methyl sites for hydroxylation is 3. The lowest BCUT2D eigenvalue weighted by molar-refractivity contribution is -0.115. The summed E-state index contributed by atoms with van der Waals surface area (Å²) in [6, 6.07) is 15.2. The number of aromatic nitrogens is 4. The van der Waals surface area contributed by atoms with Crippen LogP contribution in [0, 0.1) is 20.8 Å². The number of benzene rings is 2. The van der Waals surface area contributed by atoms with Gasteiger partial charge in [0.25, 0.3) is 5.78 Å². The monoisotopic (exact) mass is 405 g/mol. The van der Waals surface area contributed by atoms with E-state index in [0.29, 0.717) is 22.3 Å². The quantitative estimate of drug-likeness (QED) is 0.540. The molecule has 1 N–H and O–H groups in total. The predicted molar refractivity (Wildman–Crippen MR) is 114 cm³/mol. The molecule has 0 saturated heterocycles. The summed E-state index contributed by atoms with van der Waals surface area (Å²) >= 11 is 6.15. The summed E-state index contributed by atoms with van der Waals surface area (Å²) in [5, 5.41) is 8.11. The van der Waals surface area contributed by atoms with E-state index < -0.39 is 0 Å². The number of rotatable bonds is 4. The molecule has 4 rings (SSSR count). The minimum Gasteiger partial charge on any atom is -0.326 e. The van der Waals surface area contributed by atoms with Crippen molar-refractivity contribution in [2.24, 2.45) is 0 Å². The summed E-state index contributed by atoms with van der Waals surface area (Å²) in [4.78, 5) is 21.7. The molecule has 0 saturated carbocycles. The van der Waals surface area contributed by atoms with E-state index in [4.69, 9.17) is 11.6 Å². The highest BCUT2D eigenvalue weighted by Gasteiger charge is 2.17. The van der Waals surface area contributed by atoms with Crippen LogP contribution in [0.3, 0.4) is 0 Å². The number of anilines is 1. The van der Waals surface area contributed by atoms with Crippen LogP contribution in [0.4, 0.5) is 5.69 Å². The van der Waals surface area contributed by atoms with Crippen LogP contribution in [0.2, 0.25) is 5.02 Å². The van der Waals surface area contributed by atoms with Crippen molar-refractivity contribution in [3.8, 4) is 11.4 Å². The number of carbonyl (C=O) groups excluding carboxylic acids is 1. The van der Waals surface area contributed by atoms with Gasteiger partial charge in [-0.1, -0.05) is 48.0 Å². The van der Waals surface area contributed by atoms with Crippen molar-refractivity contribution in [3.05, 3.63) is 76.1 Å². The number of halogens is 1. The van der Waals surface area contributed by atoms with Crippen molar-refractivity contribution in [1.29, 1.82) is 0 Å². The number of hydrogen-bond acceptors (Lipinski definition) is 4. The molecule has 146 valence electrons. The predicted octanol–water partition coefficient (Wildman–Crippen LogP) is 4.55. The van der Waals surface area contributed by atoms with E-state index in [9.17, 15) is 4.79 Å². The van der Waals surface area contributed by atoms with Crippen molar-refractivity contribution in [2.75, 3.05) is 5.32 Å². The van der Waals surface area contributed by atoms with Crippen LogP contribution in [-0.2, 0) is 11.2 Å². The zero-order valence-corrected chi connectivity index (χ0v) is 17.2. The van der Waals surface area contributed by atoms with E-state index >= 15 is 0 Å². The van der Waals surface area contributed by atoms with E-state index in [1.165, 1.54) is 0 Å². The van der Waals surface area contributed by atoms with Gasteiger partial charge in [0, 0.05) is 33.2 Å². The number of amides is 1. The van der Waals surface area contributed by atoms with Gasteiger partial charge in [-0.05, 0) is 38.5 Å². The lowest BCUT2D eigenvalue weighted by atomic mass is 10.1. The van der Waals surface area contributed by atoms with E-state index in [-0.39, 0.29) is 12.3 Å². The maximum absolute atomic E-state index is 12.6. The Balaban J connectivity index is 1.63. The number of hydrogen-bond donors (Lipinski definition) is 1. The van der Waals surface area contributed by atoms with Gasteiger partial charge in [0.1, 0.15) is 0 Å². The fourth-order valence-electron chi connectivity index (χ4n) is 3.21. The molecular weight excluding hydrogens is 386 g/mol. The number of fused-ring (bicyclic) bond motifs is 1. The Morgan fingerprint density at radius 1 is 1.07 bits per heavy atom. The molecule has 0 fully saturated rings. The fourth-order valence-corrected chi connectivity index (χ4v) is 3.39. The van der Waals surface area contributed by atoms with Crippen LogP contribution in [0.1, 0.15) is 22.5 Å². The standard InChI is InChI=1S/C22H20ClN5O/c1-13-9-10-17(11-19(13)23)25-20(29)12-18-14(2)24-22-26-21(27-28(22)15(18)3)16-7-5-4-6-8-16/h4-11H,12H2,1-3H3,(H,25,29). The Bertz CT molecular complexity index is 1220. The molecule has 0 aliphatic heterocycles. The van der Waals surface area contributed by atoms with Gasteiger partial charge < -0.3 is 5.32 Å². The first-order chi connectivity index (χ1) is 13.9. The Hall–Kier alpha value is -3.25. The van der Waals surface area contributed by atoms with Crippen molar-refractivity contribution in [1.82, 2.24) is 19.6 Å². The molecule has 0 atom stereocenters. The third-order valence-corrected chi connectivity index (χ3v) is 5.28. The molecule has 0 aliphatic rings. The van der Waals surface area contributed by atoms with Gasteiger partial charge in [-0.15, -0.1) is 5.10 Å². The van der Waals surface area contributed by atoms with Crippen molar-refractivity contribution >= 4 is 29.0 Å². The van der Waals surface area contributed by atoms with E-state index in [1.807, 2.05) is 63.2 Å². The molecule has 4 aromatic rings. The third-order valence-electron chi connectivity index (χ3n) is 4.87. The fraction of sp³-hybridized carbons (Fsp3) is 0.182. The normalized spacial score (nSPS) is 11.0. The number of carbonyl (C=O) groups is 1. The largest absolute Gasteiger partial charge is 0.326 e. The second-order valence-electron chi connectivity index (χ2n) is 6.96. The van der Waals surface area contributed by atoms with Gasteiger partial charge in [0.05, 0.1) is 6.42 Å². The van der Waals surface area contributed by atoms with Gasteiger partial charge >= 0.3 is 0 Å². The van der Waals surface area contributed by atoms with Crippen molar-refractivity contribution < 1.29 is 4.79 Å². The second-order valence-corrected chi connectivity index (χ2v) is 7.37.